The fraction of sp³-hybridized carbons (Fsp3) is 0.286. The van der Waals surface area contributed by atoms with Crippen molar-refractivity contribution in [1.29, 1.82) is 5.26 Å². The summed E-state index contributed by atoms with van der Waals surface area (Å²) in [5.41, 5.74) is 3.28. The Morgan fingerprint density at radius 1 is 1.29 bits per heavy atom. The van der Waals surface area contributed by atoms with Crippen molar-refractivity contribution in [2.75, 3.05) is 12.4 Å². The van der Waals surface area contributed by atoms with E-state index in [1.165, 1.54) is 0 Å². The second kappa shape index (κ2) is 8.32. The van der Waals surface area contributed by atoms with E-state index in [9.17, 15) is 9.59 Å². The summed E-state index contributed by atoms with van der Waals surface area (Å²) in [6, 6.07) is 8.61. The highest BCUT2D eigenvalue weighted by Gasteiger charge is 2.05. The molecule has 21 heavy (non-hydrogen) atoms. The summed E-state index contributed by atoms with van der Waals surface area (Å²) >= 11 is 0. The third-order valence-corrected chi connectivity index (χ3v) is 2.40. The molecule has 0 saturated heterocycles. The van der Waals surface area contributed by atoms with Gasteiger partial charge in [-0.25, -0.2) is 5.43 Å². The fourth-order valence-electron chi connectivity index (χ4n) is 1.42. The fourth-order valence-corrected chi connectivity index (χ4v) is 1.42. The molecule has 0 unspecified atom stereocenters. The first-order valence-electron chi connectivity index (χ1n) is 6.18. The molecule has 1 rings (SSSR count). The van der Waals surface area contributed by atoms with Gasteiger partial charge >= 0.3 is 0 Å². The molecule has 1 aromatic rings. The topological polar surface area (TPSA) is 104 Å². The number of benzene rings is 1. The molecule has 0 aromatic heterocycles. The Kier molecular flexibility index (Phi) is 6.41. The minimum atomic E-state index is -0.507. The number of nitrogens with one attached hydrogen (secondary N) is 2. The average Bonchev–Trinajstić information content (AvgIpc) is 2.46. The van der Waals surface area contributed by atoms with Crippen molar-refractivity contribution in [2.45, 2.75) is 19.8 Å². The number of rotatable bonds is 6. The van der Waals surface area contributed by atoms with Crippen LogP contribution in [0, 0.1) is 11.3 Å². The molecule has 0 aliphatic heterocycles. The first-order chi connectivity index (χ1) is 10.0. The Labute approximate surface area is 122 Å². The maximum atomic E-state index is 11.8. The van der Waals surface area contributed by atoms with Crippen LogP contribution >= 0.6 is 0 Å². The summed E-state index contributed by atoms with van der Waals surface area (Å²) < 4.78 is 5.02. The third kappa shape index (κ3) is 6.20. The largest absolute Gasteiger partial charge is 0.497 e. The van der Waals surface area contributed by atoms with Crippen LogP contribution in [0.15, 0.2) is 29.4 Å². The smallest absolute Gasteiger partial charge is 0.254 e. The van der Waals surface area contributed by atoms with Crippen LogP contribution in [0.5, 0.6) is 5.75 Å². The number of hydrogen-bond donors (Lipinski definition) is 2. The van der Waals surface area contributed by atoms with E-state index in [2.05, 4.69) is 15.8 Å². The van der Waals surface area contributed by atoms with Crippen molar-refractivity contribution in [3.63, 3.8) is 0 Å². The highest BCUT2D eigenvalue weighted by atomic mass is 16.5. The number of carbonyl (C=O) groups is 2. The van der Waals surface area contributed by atoms with E-state index in [1.807, 2.05) is 0 Å². The quantitative estimate of drug-likeness (QED) is 0.610. The molecule has 0 spiro atoms. The van der Waals surface area contributed by atoms with Gasteiger partial charge < -0.3 is 10.1 Å². The highest BCUT2D eigenvalue weighted by Crippen LogP contribution is 2.15. The lowest BCUT2D eigenvalue weighted by Gasteiger charge is -2.06. The van der Waals surface area contributed by atoms with E-state index in [0.717, 1.165) is 0 Å². The van der Waals surface area contributed by atoms with Gasteiger partial charge in [-0.2, -0.15) is 10.4 Å². The zero-order valence-electron chi connectivity index (χ0n) is 11.8. The minimum absolute atomic E-state index is 0.0405. The van der Waals surface area contributed by atoms with Crippen LogP contribution in [-0.2, 0) is 9.59 Å². The number of anilines is 1. The van der Waals surface area contributed by atoms with Crippen molar-refractivity contribution in [1.82, 2.24) is 5.43 Å². The van der Waals surface area contributed by atoms with Crippen LogP contribution in [0.2, 0.25) is 0 Å². The summed E-state index contributed by atoms with van der Waals surface area (Å²) in [5, 5.41) is 14.7. The predicted octanol–water partition coefficient (Wildman–Crippen LogP) is 1.43. The second-order valence-electron chi connectivity index (χ2n) is 4.17. The van der Waals surface area contributed by atoms with Crippen molar-refractivity contribution < 1.29 is 14.3 Å². The van der Waals surface area contributed by atoms with Gasteiger partial charge in [0.05, 0.1) is 19.6 Å². The summed E-state index contributed by atoms with van der Waals surface area (Å²) in [4.78, 5) is 22.8. The van der Waals surface area contributed by atoms with Crippen molar-refractivity contribution in [3.8, 4) is 11.8 Å². The van der Waals surface area contributed by atoms with E-state index in [4.69, 9.17) is 10.00 Å². The molecule has 7 heteroatoms. The molecule has 0 radical (unpaired) electrons. The van der Waals surface area contributed by atoms with E-state index >= 15 is 0 Å². The molecule has 0 saturated carbocycles. The van der Waals surface area contributed by atoms with Gasteiger partial charge in [-0.05, 0) is 31.2 Å². The molecule has 0 heterocycles. The lowest BCUT2D eigenvalue weighted by atomic mass is 10.2. The van der Waals surface area contributed by atoms with Crippen LogP contribution in [0.1, 0.15) is 19.8 Å². The number of hydrogen-bond acceptors (Lipinski definition) is 5. The van der Waals surface area contributed by atoms with Gasteiger partial charge in [0.15, 0.2) is 0 Å². The predicted molar refractivity (Wildman–Crippen MR) is 77.7 cm³/mol. The van der Waals surface area contributed by atoms with E-state index < -0.39 is 5.91 Å². The van der Waals surface area contributed by atoms with Crippen LogP contribution in [0.25, 0.3) is 0 Å². The molecule has 2 amide bonds. The Morgan fingerprint density at radius 3 is 2.52 bits per heavy atom. The van der Waals surface area contributed by atoms with Gasteiger partial charge in [0.1, 0.15) is 12.2 Å². The number of hydrazone groups is 1. The second-order valence-corrected chi connectivity index (χ2v) is 4.17. The Balaban J connectivity index is 2.47. The molecular weight excluding hydrogens is 272 g/mol. The minimum Gasteiger partial charge on any atom is -0.497 e. The summed E-state index contributed by atoms with van der Waals surface area (Å²) in [7, 11) is 1.56. The first kappa shape index (κ1) is 16.2. The van der Waals surface area contributed by atoms with Crippen LogP contribution in [0.4, 0.5) is 5.69 Å². The van der Waals surface area contributed by atoms with Crippen LogP contribution in [0.3, 0.4) is 0 Å². The monoisotopic (exact) mass is 288 g/mol. The zero-order valence-corrected chi connectivity index (χ0v) is 11.8. The van der Waals surface area contributed by atoms with Crippen molar-refractivity contribution in [3.05, 3.63) is 24.3 Å². The molecule has 0 bridgehead atoms. The molecule has 0 atom stereocenters. The van der Waals surface area contributed by atoms with Gasteiger partial charge in [-0.15, -0.1) is 0 Å². The van der Waals surface area contributed by atoms with Gasteiger partial charge in [0.25, 0.3) is 5.91 Å². The SMILES string of the molecule is COc1ccc(NC(=O)C/C(C)=N\NC(=O)CC#N)cc1. The molecule has 2 N–H and O–H groups in total. The summed E-state index contributed by atoms with van der Waals surface area (Å²) in [6.07, 6.45) is -0.228. The number of carbonyl (C=O) groups excluding carboxylic acids is 2. The molecule has 0 fully saturated rings. The Hall–Kier alpha value is -2.88. The summed E-state index contributed by atoms with van der Waals surface area (Å²) in [5.74, 6) is -0.0608. The standard InChI is InChI=1S/C14H16N4O3/c1-10(17-18-13(19)7-8-15)9-14(20)16-11-3-5-12(21-2)6-4-11/h3-6H,7,9H2,1-2H3,(H,16,20)(H,18,19)/b17-10-. The maximum absolute atomic E-state index is 11.8. The van der Waals surface area contributed by atoms with Gasteiger partial charge in [-0.1, -0.05) is 0 Å². The molecule has 0 aliphatic carbocycles. The molecule has 1 aromatic carbocycles. The van der Waals surface area contributed by atoms with E-state index in [-0.39, 0.29) is 18.7 Å². The highest BCUT2D eigenvalue weighted by molar-refractivity contribution is 6.05. The molecule has 0 aliphatic rings. The van der Waals surface area contributed by atoms with Crippen LogP contribution < -0.4 is 15.5 Å². The van der Waals surface area contributed by atoms with Crippen molar-refractivity contribution in [2.24, 2.45) is 5.10 Å². The lowest BCUT2D eigenvalue weighted by Crippen LogP contribution is -2.20. The third-order valence-electron chi connectivity index (χ3n) is 2.40. The number of ether oxygens (including phenoxy) is 1. The zero-order chi connectivity index (χ0) is 15.7. The maximum Gasteiger partial charge on any atom is 0.254 e. The summed E-state index contributed by atoms with van der Waals surface area (Å²) in [6.45, 7) is 1.61. The molecular formula is C14H16N4O3. The number of methoxy groups -OCH3 is 1. The number of amides is 2. The van der Waals surface area contributed by atoms with E-state index in [0.29, 0.717) is 17.1 Å². The van der Waals surface area contributed by atoms with Crippen molar-refractivity contribution >= 4 is 23.2 Å². The van der Waals surface area contributed by atoms with E-state index in [1.54, 1.807) is 44.4 Å². The average molecular weight is 288 g/mol. The van der Waals surface area contributed by atoms with Gasteiger partial charge in [0, 0.05) is 11.4 Å². The Bertz CT molecular complexity index is 573. The van der Waals surface area contributed by atoms with Gasteiger partial charge in [-0.3, -0.25) is 9.59 Å². The normalized spacial score (nSPS) is 10.4. The number of nitriles is 1. The van der Waals surface area contributed by atoms with Crippen LogP contribution in [-0.4, -0.2) is 24.6 Å². The van der Waals surface area contributed by atoms with Gasteiger partial charge in [0.2, 0.25) is 5.91 Å². The number of nitrogens with zero attached hydrogens (tertiary/aromatic N) is 2. The molecule has 110 valence electrons. The first-order valence-corrected chi connectivity index (χ1v) is 6.18. The molecule has 7 nitrogen and oxygen atoms in total. The Morgan fingerprint density at radius 2 is 1.95 bits per heavy atom. The lowest BCUT2D eigenvalue weighted by molar-refractivity contribution is -0.120.